The molecule has 1 aliphatic rings. The van der Waals surface area contributed by atoms with Gasteiger partial charge < -0.3 is 14.5 Å². The van der Waals surface area contributed by atoms with E-state index in [1.807, 2.05) is 27.0 Å². The molecule has 2 aromatic rings. The molecule has 0 aromatic carbocycles. The lowest BCUT2D eigenvalue weighted by Crippen LogP contribution is -2.47. The van der Waals surface area contributed by atoms with Gasteiger partial charge in [-0.2, -0.15) is 4.98 Å². The summed E-state index contributed by atoms with van der Waals surface area (Å²) in [5, 5.41) is 0. The van der Waals surface area contributed by atoms with Crippen molar-refractivity contribution in [1.82, 2.24) is 19.9 Å². The lowest BCUT2D eigenvalue weighted by atomic mass is 10.3. The van der Waals surface area contributed by atoms with Crippen molar-refractivity contribution in [1.29, 1.82) is 0 Å². The maximum absolute atomic E-state index is 5.45. The van der Waals surface area contributed by atoms with E-state index in [9.17, 15) is 0 Å². The van der Waals surface area contributed by atoms with E-state index < -0.39 is 0 Å². The van der Waals surface area contributed by atoms with Gasteiger partial charge in [0.2, 0.25) is 11.8 Å². The molecular weight excluding hydrogens is 292 g/mol. The van der Waals surface area contributed by atoms with Crippen LogP contribution in [0.4, 0.5) is 11.8 Å². The highest BCUT2D eigenvalue weighted by Crippen LogP contribution is 2.20. The van der Waals surface area contributed by atoms with Crippen LogP contribution in [-0.4, -0.2) is 52.7 Å². The number of rotatable bonds is 4. The van der Waals surface area contributed by atoms with Crippen LogP contribution in [0.3, 0.4) is 0 Å². The molecule has 23 heavy (non-hydrogen) atoms. The zero-order chi connectivity index (χ0) is 16.2. The summed E-state index contributed by atoms with van der Waals surface area (Å²) in [5.41, 5.74) is 1.92. The largest absolute Gasteiger partial charge is 0.478 e. The molecule has 0 amide bonds. The molecular formula is C16H22N6O. The van der Waals surface area contributed by atoms with Gasteiger partial charge in [0.1, 0.15) is 5.82 Å². The Morgan fingerprint density at radius 2 is 1.78 bits per heavy atom. The van der Waals surface area contributed by atoms with Crippen molar-refractivity contribution in [3.8, 4) is 5.88 Å². The zero-order valence-electron chi connectivity index (χ0n) is 13.9. The van der Waals surface area contributed by atoms with Crippen molar-refractivity contribution in [2.75, 3.05) is 42.6 Å². The molecule has 0 saturated carbocycles. The molecule has 0 unspecified atom stereocenters. The first-order valence-corrected chi connectivity index (χ1v) is 7.93. The number of ether oxygens (including phenoxy) is 1. The van der Waals surface area contributed by atoms with Crippen LogP contribution in [0.1, 0.15) is 18.3 Å². The van der Waals surface area contributed by atoms with Crippen molar-refractivity contribution in [2.24, 2.45) is 0 Å². The Bertz CT molecular complexity index is 669. The van der Waals surface area contributed by atoms with Crippen molar-refractivity contribution < 1.29 is 4.74 Å². The van der Waals surface area contributed by atoms with E-state index in [4.69, 9.17) is 4.74 Å². The minimum Gasteiger partial charge on any atom is -0.478 e. The van der Waals surface area contributed by atoms with E-state index in [1.165, 1.54) is 0 Å². The minimum absolute atomic E-state index is 0.607. The van der Waals surface area contributed by atoms with Gasteiger partial charge in [0.15, 0.2) is 0 Å². The highest BCUT2D eigenvalue weighted by Gasteiger charge is 2.21. The number of nitrogens with zero attached hydrogens (tertiary/aromatic N) is 6. The van der Waals surface area contributed by atoms with E-state index >= 15 is 0 Å². The van der Waals surface area contributed by atoms with Gasteiger partial charge in [-0.05, 0) is 20.8 Å². The zero-order valence-corrected chi connectivity index (χ0v) is 13.9. The van der Waals surface area contributed by atoms with Crippen LogP contribution in [0.5, 0.6) is 5.88 Å². The Kier molecular flexibility index (Phi) is 4.55. The number of hydrogen-bond donors (Lipinski definition) is 0. The van der Waals surface area contributed by atoms with E-state index in [0.29, 0.717) is 12.5 Å². The predicted octanol–water partition coefficient (Wildman–Crippen LogP) is 1.61. The molecule has 3 rings (SSSR count). The molecule has 0 radical (unpaired) electrons. The third kappa shape index (κ3) is 3.49. The molecule has 0 atom stereocenters. The Morgan fingerprint density at radius 3 is 2.52 bits per heavy atom. The molecule has 7 nitrogen and oxygen atoms in total. The first-order chi connectivity index (χ1) is 11.2. The summed E-state index contributed by atoms with van der Waals surface area (Å²) >= 11 is 0. The second-order valence-electron chi connectivity index (χ2n) is 5.52. The monoisotopic (exact) mass is 314 g/mol. The van der Waals surface area contributed by atoms with Crippen molar-refractivity contribution >= 4 is 11.8 Å². The van der Waals surface area contributed by atoms with Crippen molar-refractivity contribution in [3.63, 3.8) is 0 Å². The van der Waals surface area contributed by atoms with E-state index in [2.05, 4.69) is 29.7 Å². The summed E-state index contributed by atoms with van der Waals surface area (Å²) in [6.45, 7) is 9.99. The maximum Gasteiger partial charge on any atom is 0.228 e. The quantitative estimate of drug-likeness (QED) is 0.849. The Labute approximate surface area is 136 Å². The van der Waals surface area contributed by atoms with Crippen LogP contribution >= 0.6 is 0 Å². The van der Waals surface area contributed by atoms with Gasteiger partial charge in [-0.15, -0.1) is 0 Å². The Morgan fingerprint density at radius 1 is 1.04 bits per heavy atom. The van der Waals surface area contributed by atoms with E-state index in [1.54, 1.807) is 12.3 Å². The van der Waals surface area contributed by atoms with Gasteiger partial charge in [0.25, 0.3) is 0 Å². The molecule has 1 saturated heterocycles. The number of anilines is 2. The molecule has 2 aromatic heterocycles. The second kappa shape index (κ2) is 6.76. The van der Waals surface area contributed by atoms with Gasteiger partial charge in [-0.3, -0.25) is 4.98 Å². The summed E-state index contributed by atoms with van der Waals surface area (Å²) in [6.07, 6.45) is 3.55. The van der Waals surface area contributed by atoms with Crippen LogP contribution < -0.4 is 14.5 Å². The third-order valence-corrected chi connectivity index (χ3v) is 3.82. The normalized spacial score (nSPS) is 14.9. The Hall–Kier alpha value is -2.44. The average molecular weight is 314 g/mol. The molecule has 0 aliphatic carbocycles. The molecule has 122 valence electrons. The summed E-state index contributed by atoms with van der Waals surface area (Å²) in [6, 6.07) is 1.79. The fourth-order valence-corrected chi connectivity index (χ4v) is 2.66. The van der Waals surface area contributed by atoms with Gasteiger partial charge >= 0.3 is 0 Å². The van der Waals surface area contributed by atoms with E-state index in [0.717, 1.165) is 49.3 Å². The molecule has 3 heterocycles. The number of aryl methyl sites for hydroxylation is 2. The average Bonchev–Trinajstić information content (AvgIpc) is 2.58. The van der Waals surface area contributed by atoms with Crippen molar-refractivity contribution in [3.05, 3.63) is 29.8 Å². The molecule has 1 aliphatic heterocycles. The number of aromatic nitrogens is 4. The van der Waals surface area contributed by atoms with Crippen LogP contribution in [0.2, 0.25) is 0 Å². The summed E-state index contributed by atoms with van der Waals surface area (Å²) in [7, 11) is 0. The molecule has 0 spiro atoms. The molecule has 7 heteroatoms. The van der Waals surface area contributed by atoms with Gasteiger partial charge in [0, 0.05) is 44.6 Å². The first kappa shape index (κ1) is 15.5. The fourth-order valence-electron chi connectivity index (χ4n) is 2.66. The summed E-state index contributed by atoms with van der Waals surface area (Å²) < 4.78 is 5.45. The van der Waals surface area contributed by atoms with Gasteiger partial charge in [-0.25, -0.2) is 9.97 Å². The van der Waals surface area contributed by atoms with Gasteiger partial charge in [0.05, 0.1) is 18.0 Å². The fraction of sp³-hybridized carbons (Fsp3) is 0.500. The first-order valence-electron chi connectivity index (χ1n) is 7.93. The van der Waals surface area contributed by atoms with Crippen LogP contribution in [0.25, 0.3) is 0 Å². The lowest BCUT2D eigenvalue weighted by molar-refractivity contribution is 0.326. The summed E-state index contributed by atoms with van der Waals surface area (Å²) in [4.78, 5) is 22.3. The molecule has 1 fully saturated rings. The standard InChI is InChI=1S/C16H22N6O/c1-4-23-14-5-6-17-16(20-14)22-9-7-21(8-10-22)15-13(3)18-11-12(2)19-15/h5-6,11H,4,7-10H2,1-3H3. The minimum atomic E-state index is 0.607. The van der Waals surface area contributed by atoms with E-state index in [-0.39, 0.29) is 0 Å². The number of piperazine rings is 1. The summed E-state index contributed by atoms with van der Waals surface area (Å²) in [5.74, 6) is 2.33. The van der Waals surface area contributed by atoms with Crippen LogP contribution in [0.15, 0.2) is 18.5 Å². The Balaban J connectivity index is 1.68. The second-order valence-corrected chi connectivity index (χ2v) is 5.52. The highest BCUT2D eigenvalue weighted by molar-refractivity contribution is 5.46. The SMILES string of the molecule is CCOc1ccnc(N2CCN(c3nc(C)cnc3C)CC2)n1. The highest BCUT2D eigenvalue weighted by atomic mass is 16.5. The van der Waals surface area contributed by atoms with Crippen molar-refractivity contribution in [2.45, 2.75) is 20.8 Å². The van der Waals surface area contributed by atoms with Gasteiger partial charge in [-0.1, -0.05) is 0 Å². The smallest absolute Gasteiger partial charge is 0.228 e. The predicted molar refractivity (Wildman–Crippen MR) is 89.1 cm³/mol. The molecule has 0 N–H and O–H groups in total. The lowest BCUT2D eigenvalue weighted by Gasteiger charge is -2.35. The topological polar surface area (TPSA) is 67.3 Å². The van der Waals surface area contributed by atoms with Crippen LogP contribution in [-0.2, 0) is 0 Å². The van der Waals surface area contributed by atoms with Crippen LogP contribution in [0, 0.1) is 13.8 Å². The third-order valence-electron chi connectivity index (χ3n) is 3.82. The maximum atomic E-state index is 5.45. The number of hydrogen-bond acceptors (Lipinski definition) is 7. The molecule has 0 bridgehead atoms.